The number of aromatic nitrogens is 1. The Kier molecular flexibility index (Phi) is 5.02. The van der Waals surface area contributed by atoms with Gasteiger partial charge in [0.25, 0.3) is 5.91 Å². The summed E-state index contributed by atoms with van der Waals surface area (Å²) in [7, 11) is 0. The molecule has 0 bridgehead atoms. The maximum atomic E-state index is 12.8. The van der Waals surface area contributed by atoms with E-state index in [0.717, 1.165) is 43.2 Å². The highest BCUT2D eigenvalue weighted by Gasteiger charge is 2.18. The molecule has 2 fully saturated rings. The van der Waals surface area contributed by atoms with Crippen LogP contribution in [0.5, 0.6) is 0 Å². The molecule has 0 saturated carbocycles. The van der Waals surface area contributed by atoms with Crippen molar-refractivity contribution in [3.63, 3.8) is 0 Å². The van der Waals surface area contributed by atoms with Crippen LogP contribution in [0.1, 0.15) is 23.3 Å². The number of pyridine rings is 1. The van der Waals surface area contributed by atoms with Crippen molar-refractivity contribution in [2.45, 2.75) is 12.8 Å². The fourth-order valence-corrected chi connectivity index (χ4v) is 3.56. The normalized spacial score (nSPS) is 17.4. The molecule has 1 aromatic heterocycles. The number of hydrogen-bond donors (Lipinski definition) is 1. The summed E-state index contributed by atoms with van der Waals surface area (Å²) in [6, 6.07) is 11.8. The second-order valence-electron chi connectivity index (χ2n) is 6.66. The third-order valence-electron chi connectivity index (χ3n) is 4.95. The van der Waals surface area contributed by atoms with E-state index in [-0.39, 0.29) is 5.91 Å². The number of para-hydroxylation sites is 2. The van der Waals surface area contributed by atoms with Gasteiger partial charge in [-0.25, -0.2) is 0 Å². The molecule has 0 aliphatic carbocycles. The van der Waals surface area contributed by atoms with Crippen LogP contribution in [0.3, 0.4) is 0 Å². The summed E-state index contributed by atoms with van der Waals surface area (Å²) in [6.07, 6.45) is 4.13. The number of ether oxygens (including phenoxy) is 1. The third kappa shape index (κ3) is 3.65. The summed E-state index contributed by atoms with van der Waals surface area (Å²) in [6.45, 7) is 5.17. The molecular weight excluding hydrogens is 328 g/mol. The Hall–Kier alpha value is -2.60. The Bertz CT molecular complexity index is 768. The van der Waals surface area contributed by atoms with Crippen LogP contribution in [-0.4, -0.2) is 50.3 Å². The monoisotopic (exact) mass is 352 g/mol. The Morgan fingerprint density at radius 2 is 1.77 bits per heavy atom. The van der Waals surface area contributed by atoms with E-state index in [1.54, 1.807) is 6.20 Å². The van der Waals surface area contributed by atoms with E-state index in [4.69, 9.17) is 4.74 Å². The van der Waals surface area contributed by atoms with Gasteiger partial charge in [-0.15, -0.1) is 0 Å². The number of rotatable bonds is 4. The largest absolute Gasteiger partial charge is 0.378 e. The predicted octanol–water partition coefficient (Wildman–Crippen LogP) is 2.77. The fourth-order valence-electron chi connectivity index (χ4n) is 3.56. The summed E-state index contributed by atoms with van der Waals surface area (Å²) in [4.78, 5) is 21.6. The Morgan fingerprint density at radius 1 is 1.00 bits per heavy atom. The van der Waals surface area contributed by atoms with Crippen LogP contribution in [0, 0.1) is 0 Å². The van der Waals surface area contributed by atoms with E-state index < -0.39 is 0 Å². The summed E-state index contributed by atoms with van der Waals surface area (Å²) >= 11 is 0. The van der Waals surface area contributed by atoms with Gasteiger partial charge in [-0.2, -0.15) is 0 Å². The zero-order valence-corrected chi connectivity index (χ0v) is 14.9. The molecule has 1 aromatic carbocycles. The Labute approximate surface area is 153 Å². The first-order chi connectivity index (χ1) is 12.8. The van der Waals surface area contributed by atoms with Gasteiger partial charge in [-0.05, 0) is 37.1 Å². The molecule has 6 nitrogen and oxygen atoms in total. The van der Waals surface area contributed by atoms with E-state index in [1.165, 1.54) is 12.8 Å². The van der Waals surface area contributed by atoms with Gasteiger partial charge >= 0.3 is 0 Å². The summed E-state index contributed by atoms with van der Waals surface area (Å²) in [5.41, 5.74) is 3.36. The maximum absolute atomic E-state index is 12.8. The molecule has 0 unspecified atom stereocenters. The van der Waals surface area contributed by atoms with Crippen LogP contribution in [0.4, 0.5) is 17.1 Å². The first-order valence-corrected chi connectivity index (χ1v) is 9.25. The molecule has 2 aliphatic heterocycles. The van der Waals surface area contributed by atoms with Gasteiger partial charge in [0.05, 0.1) is 24.6 Å². The molecule has 2 aromatic rings. The molecule has 136 valence electrons. The van der Waals surface area contributed by atoms with Crippen LogP contribution in [0.15, 0.2) is 42.6 Å². The first-order valence-electron chi connectivity index (χ1n) is 9.25. The van der Waals surface area contributed by atoms with Crippen molar-refractivity contribution >= 4 is 23.0 Å². The molecule has 6 heteroatoms. The van der Waals surface area contributed by atoms with E-state index in [2.05, 4.69) is 20.1 Å². The quantitative estimate of drug-likeness (QED) is 0.917. The third-order valence-corrected chi connectivity index (χ3v) is 4.95. The average molecular weight is 352 g/mol. The van der Waals surface area contributed by atoms with Crippen LogP contribution in [0.25, 0.3) is 0 Å². The molecule has 2 aliphatic rings. The van der Waals surface area contributed by atoms with Crippen LogP contribution >= 0.6 is 0 Å². The van der Waals surface area contributed by atoms with E-state index >= 15 is 0 Å². The number of carbonyl (C=O) groups excluding carboxylic acids is 1. The number of amides is 1. The second-order valence-corrected chi connectivity index (χ2v) is 6.66. The van der Waals surface area contributed by atoms with Crippen molar-refractivity contribution < 1.29 is 9.53 Å². The number of morpholine rings is 1. The average Bonchev–Trinajstić information content (AvgIpc) is 3.24. The summed E-state index contributed by atoms with van der Waals surface area (Å²) in [5.74, 6) is -0.174. The number of anilines is 3. The van der Waals surface area contributed by atoms with Gasteiger partial charge in [0, 0.05) is 38.1 Å². The number of hydrogen-bond acceptors (Lipinski definition) is 5. The minimum Gasteiger partial charge on any atom is -0.378 e. The minimum absolute atomic E-state index is 0.174. The highest BCUT2D eigenvalue weighted by atomic mass is 16.5. The molecular formula is C20H24N4O2. The lowest BCUT2D eigenvalue weighted by Gasteiger charge is -2.30. The number of carbonyl (C=O) groups is 1. The summed E-state index contributed by atoms with van der Waals surface area (Å²) in [5, 5.41) is 3.04. The summed E-state index contributed by atoms with van der Waals surface area (Å²) < 4.78 is 5.43. The number of nitrogens with zero attached hydrogens (tertiary/aromatic N) is 3. The van der Waals surface area contributed by atoms with Crippen molar-refractivity contribution in [3.8, 4) is 0 Å². The molecule has 2 saturated heterocycles. The molecule has 26 heavy (non-hydrogen) atoms. The van der Waals surface area contributed by atoms with Gasteiger partial charge in [0.2, 0.25) is 0 Å². The molecule has 3 heterocycles. The highest BCUT2D eigenvalue weighted by molar-refractivity contribution is 6.05. The molecule has 0 radical (unpaired) electrons. The zero-order chi connectivity index (χ0) is 17.8. The molecule has 0 spiro atoms. The lowest BCUT2D eigenvalue weighted by Crippen LogP contribution is -2.36. The van der Waals surface area contributed by atoms with Crippen LogP contribution in [0.2, 0.25) is 0 Å². The van der Waals surface area contributed by atoms with Crippen LogP contribution in [-0.2, 0) is 4.74 Å². The van der Waals surface area contributed by atoms with Crippen molar-refractivity contribution in [1.82, 2.24) is 4.98 Å². The first kappa shape index (κ1) is 16.8. The van der Waals surface area contributed by atoms with E-state index in [1.807, 2.05) is 36.4 Å². The molecule has 1 N–H and O–H groups in total. The van der Waals surface area contributed by atoms with Gasteiger partial charge in [-0.1, -0.05) is 12.1 Å². The van der Waals surface area contributed by atoms with E-state index in [0.29, 0.717) is 18.9 Å². The van der Waals surface area contributed by atoms with Crippen molar-refractivity contribution in [1.29, 1.82) is 0 Å². The van der Waals surface area contributed by atoms with Gasteiger partial charge in [0.1, 0.15) is 5.69 Å². The van der Waals surface area contributed by atoms with Crippen molar-refractivity contribution in [2.24, 2.45) is 0 Å². The van der Waals surface area contributed by atoms with Gasteiger partial charge in [-0.3, -0.25) is 9.78 Å². The van der Waals surface area contributed by atoms with Crippen LogP contribution < -0.4 is 15.1 Å². The SMILES string of the molecule is O=C(Nc1ccccc1N1CCOCC1)c1cc(N2CCCC2)ccn1. The fraction of sp³-hybridized carbons (Fsp3) is 0.400. The smallest absolute Gasteiger partial charge is 0.274 e. The molecule has 1 amide bonds. The van der Waals surface area contributed by atoms with Gasteiger partial charge in [0.15, 0.2) is 0 Å². The molecule has 4 rings (SSSR count). The second kappa shape index (κ2) is 7.74. The van der Waals surface area contributed by atoms with Crippen molar-refractivity contribution in [3.05, 3.63) is 48.3 Å². The Balaban J connectivity index is 1.52. The minimum atomic E-state index is -0.174. The number of nitrogens with one attached hydrogen (secondary N) is 1. The lowest BCUT2D eigenvalue weighted by atomic mass is 10.2. The molecule has 0 atom stereocenters. The standard InChI is InChI=1S/C20H24N4O2/c25-20(18-15-16(7-8-21-18)23-9-3-4-10-23)22-17-5-1-2-6-19(17)24-11-13-26-14-12-24/h1-2,5-8,15H,3-4,9-14H2,(H,22,25). The maximum Gasteiger partial charge on any atom is 0.274 e. The predicted molar refractivity (Wildman–Crippen MR) is 103 cm³/mol. The number of benzene rings is 1. The van der Waals surface area contributed by atoms with E-state index in [9.17, 15) is 4.79 Å². The van der Waals surface area contributed by atoms with Crippen molar-refractivity contribution in [2.75, 3.05) is 54.5 Å². The van der Waals surface area contributed by atoms with Gasteiger partial charge < -0.3 is 19.9 Å². The highest BCUT2D eigenvalue weighted by Crippen LogP contribution is 2.27. The topological polar surface area (TPSA) is 57.7 Å². The lowest BCUT2D eigenvalue weighted by molar-refractivity contribution is 0.102. The Morgan fingerprint density at radius 3 is 2.58 bits per heavy atom. The zero-order valence-electron chi connectivity index (χ0n) is 14.9.